The molecule has 0 unspecified atom stereocenters. The number of nitrogen functional groups attached to an aromatic ring is 1. The van der Waals surface area contributed by atoms with E-state index in [2.05, 4.69) is 10.2 Å². The van der Waals surface area contributed by atoms with Gasteiger partial charge in [-0.3, -0.25) is 9.89 Å². The van der Waals surface area contributed by atoms with Gasteiger partial charge < -0.3 is 10.6 Å². The molecule has 0 atom stereocenters. The average Bonchev–Trinajstić information content (AvgIpc) is 2.97. The molecule has 88 valence electrons. The SMILES string of the molecule is Nc1n[nH]c2c1CN(C(=O)Cc1cccs1)C2. The summed E-state index contributed by atoms with van der Waals surface area (Å²) in [7, 11) is 0. The lowest BCUT2D eigenvalue weighted by Crippen LogP contribution is -2.27. The van der Waals surface area contributed by atoms with Gasteiger partial charge >= 0.3 is 0 Å². The van der Waals surface area contributed by atoms with Gasteiger partial charge in [-0.05, 0) is 11.4 Å². The third kappa shape index (κ3) is 1.80. The predicted octanol–water partition coefficient (Wildman–Crippen LogP) is 1.14. The average molecular weight is 248 g/mol. The van der Waals surface area contributed by atoms with Gasteiger partial charge in [0.25, 0.3) is 0 Å². The van der Waals surface area contributed by atoms with E-state index in [4.69, 9.17) is 5.73 Å². The van der Waals surface area contributed by atoms with E-state index in [9.17, 15) is 4.79 Å². The van der Waals surface area contributed by atoms with E-state index in [1.807, 2.05) is 17.5 Å². The van der Waals surface area contributed by atoms with Crippen LogP contribution >= 0.6 is 11.3 Å². The van der Waals surface area contributed by atoms with Gasteiger partial charge in [0.15, 0.2) is 5.82 Å². The molecule has 2 aromatic rings. The summed E-state index contributed by atoms with van der Waals surface area (Å²) in [5.74, 6) is 0.642. The third-order valence-corrected chi connectivity index (χ3v) is 3.82. The molecule has 17 heavy (non-hydrogen) atoms. The van der Waals surface area contributed by atoms with Gasteiger partial charge in [-0.15, -0.1) is 11.3 Å². The molecule has 0 bridgehead atoms. The summed E-state index contributed by atoms with van der Waals surface area (Å²) < 4.78 is 0. The molecule has 0 saturated heterocycles. The maximum absolute atomic E-state index is 12.0. The topological polar surface area (TPSA) is 75.0 Å². The van der Waals surface area contributed by atoms with Crippen molar-refractivity contribution in [2.24, 2.45) is 0 Å². The first-order valence-electron chi connectivity index (χ1n) is 5.36. The van der Waals surface area contributed by atoms with Gasteiger partial charge in [-0.1, -0.05) is 6.07 Å². The number of hydrogen-bond donors (Lipinski definition) is 2. The first-order chi connectivity index (χ1) is 8.24. The highest BCUT2D eigenvalue weighted by Gasteiger charge is 2.27. The van der Waals surface area contributed by atoms with Crippen LogP contribution in [0, 0.1) is 0 Å². The first-order valence-corrected chi connectivity index (χ1v) is 6.24. The number of nitrogens with two attached hydrogens (primary N) is 1. The number of rotatable bonds is 2. The molecule has 0 saturated carbocycles. The number of carbonyl (C=O) groups excluding carboxylic acids is 1. The van der Waals surface area contributed by atoms with Crippen LogP contribution in [0.25, 0.3) is 0 Å². The molecule has 2 aromatic heterocycles. The van der Waals surface area contributed by atoms with Crippen LogP contribution in [0.3, 0.4) is 0 Å². The number of thiophene rings is 1. The Morgan fingerprint density at radius 2 is 2.47 bits per heavy atom. The largest absolute Gasteiger partial charge is 0.382 e. The van der Waals surface area contributed by atoms with Crippen LogP contribution in [0.4, 0.5) is 5.82 Å². The summed E-state index contributed by atoms with van der Waals surface area (Å²) in [6, 6.07) is 3.94. The molecule has 0 aliphatic carbocycles. The molecule has 0 fully saturated rings. The summed E-state index contributed by atoms with van der Waals surface area (Å²) in [5, 5.41) is 8.77. The Balaban J connectivity index is 1.70. The summed E-state index contributed by atoms with van der Waals surface area (Å²) >= 11 is 1.61. The van der Waals surface area contributed by atoms with Gasteiger partial charge in [0, 0.05) is 10.4 Å². The Kier molecular flexibility index (Phi) is 2.36. The van der Waals surface area contributed by atoms with Crippen molar-refractivity contribution in [3.63, 3.8) is 0 Å². The fourth-order valence-electron chi connectivity index (χ4n) is 2.01. The molecule has 6 heteroatoms. The van der Waals surface area contributed by atoms with Crippen molar-refractivity contribution in [1.82, 2.24) is 15.1 Å². The Morgan fingerprint density at radius 3 is 3.18 bits per heavy atom. The van der Waals surface area contributed by atoms with Crippen molar-refractivity contribution in [2.75, 3.05) is 5.73 Å². The normalized spacial score (nSPS) is 14.0. The monoisotopic (exact) mass is 248 g/mol. The minimum absolute atomic E-state index is 0.136. The highest BCUT2D eigenvalue weighted by molar-refractivity contribution is 7.10. The van der Waals surface area contributed by atoms with Gasteiger partial charge in [-0.2, -0.15) is 5.10 Å². The fourth-order valence-corrected chi connectivity index (χ4v) is 2.71. The maximum Gasteiger partial charge on any atom is 0.228 e. The van der Waals surface area contributed by atoms with Crippen molar-refractivity contribution in [3.8, 4) is 0 Å². The second-order valence-corrected chi connectivity index (χ2v) is 5.10. The number of hydrogen-bond acceptors (Lipinski definition) is 4. The zero-order valence-corrected chi connectivity index (χ0v) is 9.96. The number of amides is 1. The second kappa shape index (κ2) is 3.89. The van der Waals surface area contributed by atoms with Crippen LogP contribution in [0.1, 0.15) is 16.1 Å². The van der Waals surface area contributed by atoms with Crippen LogP contribution in [-0.4, -0.2) is 21.0 Å². The number of anilines is 1. The summed E-state index contributed by atoms with van der Waals surface area (Å²) in [5.41, 5.74) is 7.63. The molecule has 0 aromatic carbocycles. The zero-order chi connectivity index (χ0) is 11.8. The lowest BCUT2D eigenvalue weighted by molar-refractivity contribution is -0.131. The minimum atomic E-state index is 0.136. The third-order valence-electron chi connectivity index (χ3n) is 2.94. The maximum atomic E-state index is 12.0. The smallest absolute Gasteiger partial charge is 0.228 e. The molecule has 1 amide bonds. The Labute approximate surface area is 102 Å². The summed E-state index contributed by atoms with van der Waals surface area (Å²) in [6.45, 7) is 1.16. The zero-order valence-electron chi connectivity index (χ0n) is 9.14. The van der Waals surface area contributed by atoms with E-state index in [0.29, 0.717) is 25.3 Å². The van der Waals surface area contributed by atoms with Crippen molar-refractivity contribution in [1.29, 1.82) is 0 Å². The highest BCUT2D eigenvalue weighted by atomic mass is 32.1. The van der Waals surface area contributed by atoms with Gasteiger partial charge in [0.2, 0.25) is 5.91 Å². The Hall–Kier alpha value is -1.82. The van der Waals surface area contributed by atoms with E-state index in [1.165, 1.54) is 0 Å². The molecular formula is C11H12N4OS. The quantitative estimate of drug-likeness (QED) is 0.836. The predicted molar refractivity (Wildman–Crippen MR) is 65.3 cm³/mol. The number of carbonyl (C=O) groups is 1. The van der Waals surface area contributed by atoms with Crippen LogP contribution in [0.15, 0.2) is 17.5 Å². The number of H-pyrrole nitrogens is 1. The fraction of sp³-hybridized carbons (Fsp3) is 0.273. The Morgan fingerprint density at radius 1 is 1.59 bits per heavy atom. The number of nitrogens with one attached hydrogen (secondary N) is 1. The van der Waals surface area contributed by atoms with Crippen molar-refractivity contribution in [3.05, 3.63) is 33.6 Å². The Bertz CT molecular complexity index is 546. The summed E-state index contributed by atoms with van der Waals surface area (Å²) in [4.78, 5) is 14.9. The highest BCUT2D eigenvalue weighted by Crippen LogP contribution is 2.25. The van der Waals surface area contributed by atoms with Gasteiger partial charge in [0.05, 0.1) is 25.2 Å². The molecule has 3 N–H and O–H groups in total. The van der Waals surface area contributed by atoms with Crippen molar-refractivity contribution >= 4 is 23.1 Å². The van der Waals surface area contributed by atoms with Gasteiger partial charge in [0.1, 0.15) is 0 Å². The lowest BCUT2D eigenvalue weighted by atomic mass is 10.3. The number of aromatic amines is 1. The van der Waals surface area contributed by atoms with Crippen LogP contribution in [-0.2, 0) is 24.3 Å². The van der Waals surface area contributed by atoms with Crippen LogP contribution in [0.2, 0.25) is 0 Å². The van der Waals surface area contributed by atoms with E-state index in [0.717, 1.165) is 16.1 Å². The molecule has 3 heterocycles. The molecule has 1 aliphatic heterocycles. The minimum Gasteiger partial charge on any atom is -0.382 e. The van der Waals surface area contributed by atoms with E-state index >= 15 is 0 Å². The number of nitrogens with zero attached hydrogens (tertiary/aromatic N) is 2. The standard InChI is InChI=1S/C11H12N4OS/c12-11-8-5-15(6-9(8)13-14-11)10(16)4-7-2-1-3-17-7/h1-3H,4-6H2,(H3,12,13,14). The molecule has 1 aliphatic rings. The van der Waals surface area contributed by atoms with E-state index in [-0.39, 0.29) is 5.91 Å². The molecular weight excluding hydrogens is 236 g/mol. The lowest BCUT2D eigenvalue weighted by Gasteiger charge is -2.14. The molecule has 0 spiro atoms. The summed E-state index contributed by atoms with van der Waals surface area (Å²) in [6.07, 6.45) is 0.468. The van der Waals surface area contributed by atoms with E-state index in [1.54, 1.807) is 16.2 Å². The number of fused-ring (bicyclic) bond motifs is 1. The number of aromatic nitrogens is 2. The van der Waals surface area contributed by atoms with E-state index < -0.39 is 0 Å². The van der Waals surface area contributed by atoms with Crippen LogP contribution in [0.5, 0.6) is 0 Å². The van der Waals surface area contributed by atoms with Gasteiger partial charge in [-0.25, -0.2) is 0 Å². The first kappa shape index (κ1) is 10.3. The van der Waals surface area contributed by atoms with Crippen molar-refractivity contribution < 1.29 is 4.79 Å². The van der Waals surface area contributed by atoms with Crippen LogP contribution < -0.4 is 5.73 Å². The second-order valence-electron chi connectivity index (χ2n) is 4.07. The molecule has 3 rings (SSSR count). The molecule has 0 radical (unpaired) electrons. The molecule has 5 nitrogen and oxygen atoms in total. The van der Waals surface area contributed by atoms with Crippen molar-refractivity contribution in [2.45, 2.75) is 19.5 Å².